The highest BCUT2D eigenvalue weighted by atomic mass is 16.5. The van der Waals surface area contributed by atoms with E-state index in [4.69, 9.17) is 4.74 Å². The van der Waals surface area contributed by atoms with E-state index in [2.05, 4.69) is 25.7 Å². The van der Waals surface area contributed by atoms with Gasteiger partial charge in [-0.1, -0.05) is 18.2 Å². The minimum atomic E-state index is -0.108. The summed E-state index contributed by atoms with van der Waals surface area (Å²) in [5.74, 6) is 1.16. The Balaban J connectivity index is 1.32. The Morgan fingerprint density at radius 1 is 0.971 bits per heavy atom. The number of pyridine rings is 2. The summed E-state index contributed by atoms with van der Waals surface area (Å²) in [7, 11) is 0. The first-order valence-electron chi connectivity index (χ1n) is 10.8. The van der Waals surface area contributed by atoms with Crippen LogP contribution in [0.25, 0.3) is 16.8 Å². The van der Waals surface area contributed by atoms with E-state index < -0.39 is 0 Å². The number of nitrogens with one attached hydrogen (secondary N) is 2. The van der Waals surface area contributed by atoms with Crippen molar-refractivity contribution in [2.45, 2.75) is 13.5 Å². The summed E-state index contributed by atoms with van der Waals surface area (Å²) >= 11 is 0. The maximum atomic E-state index is 11.2. The van der Waals surface area contributed by atoms with E-state index in [1.807, 2.05) is 79.0 Å². The monoisotopic (exact) mass is 450 g/mol. The molecule has 0 saturated carbocycles. The first kappa shape index (κ1) is 21.1. The third kappa shape index (κ3) is 4.86. The Bertz CT molecular complexity index is 1410. The summed E-state index contributed by atoms with van der Waals surface area (Å²) in [4.78, 5) is 20.0. The van der Waals surface area contributed by atoms with Gasteiger partial charge in [0, 0.05) is 48.0 Å². The number of amides is 1. The predicted molar refractivity (Wildman–Crippen MR) is 131 cm³/mol. The second-order valence-corrected chi connectivity index (χ2v) is 7.68. The molecule has 0 bridgehead atoms. The first-order valence-corrected chi connectivity index (χ1v) is 10.8. The topological polar surface area (TPSA) is 93.4 Å². The Morgan fingerprint density at radius 2 is 1.76 bits per heavy atom. The van der Waals surface area contributed by atoms with Crippen molar-refractivity contribution in [3.8, 4) is 16.9 Å². The van der Waals surface area contributed by atoms with Gasteiger partial charge in [-0.05, 0) is 60.2 Å². The van der Waals surface area contributed by atoms with Gasteiger partial charge >= 0.3 is 0 Å². The molecule has 0 saturated heterocycles. The lowest BCUT2D eigenvalue weighted by molar-refractivity contribution is -0.114. The SMILES string of the molecule is CC(=O)Nc1ccc(Nc2nc3c(-c4ccc(OCc5cccnc5)cc4)cccn3n2)cc1. The van der Waals surface area contributed by atoms with Crippen molar-refractivity contribution >= 4 is 28.9 Å². The lowest BCUT2D eigenvalue weighted by Gasteiger charge is -2.08. The summed E-state index contributed by atoms with van der Waals surface area (Å²) < 4.78 is 7.61. The van der Waals surface area contributed by atoms with Gasteiger partial charge in [-0.25, -0.2) is 4.52 Å². The molecule has 2 aromatic carbocycles. The van der Waals surface area contributed by atoms with Gasteiger partial charge in [0.25, 0.3) is 0 Å². The van der Waals surface area contributed by atoms with Gasteiger partial charge in [0.15, 0.2) is 5.65 Å². The average molecular weight is 451 g/mol. The second-order valence-electron chi connectivity index (χ2n) is 7.68. The van der Waals surface area contributed by atoms with Crippen LogP contribution in [0.1, 0.15) is 12.5 Å². The second kappa shape index (κ2) is 9.41. The number of anilines is 3. The number of aromatic nitrogens is 4. The molecule has 0 fully saturated rings. The first-order chi connectivity index (χ1) is 16.6. The number of fused-ring (bicyclic) bond motifs is 1. The van der Waals surface area contributed by atoms with E-state index in [9.17, 15) is 4.79 Å². The third-order valence-electron chi connectivity index (χ3n) is 5.12. The van der Waals surface area contributed by atoms with Crippen molar-refractivity contribution in [3.63, 3.8) is 0 Å². The number of rotatable bonds is 7. The highest BCUT2D eigenvalue weighted by Gasteiger charge is 2.10. The summed E-state index contributed by atoms with van der Waals surface area (Å²) in [6.07, 6.45) is 5.40. The van der Waals surface area contributed by atoms with Crippen molar-refractivity contribution < 1.29 is 9.53 Å². The van der Waals surface area contributed by atoms with E-state index >= 15 is 0 Å². The summed E-state index contributed by atoms with van der Waals surface area (Å²) in [5, 5.41) is 10.5. The molecular weight excluding hydrogens is 428 g/mol. The zero-order valence-electron chi connectivity index (χ0n) is 18.5. The van der Waals surface area contributed by atoms with E-state index in [1.54, 1.807) is 16.9 Å². The minimum absolute atomic E-state index is 0.108. The largest absolute Gasteiger partial charge is 0.489 e. The fourth-order valence-electron chi connectivity index (χ4n) is 3.53. The number of carbonyl (C=O) groups excluding carboxylic acids is 1. The molecule has 8 nitrogen and oxygen atoms in total. The van der Waals surface area contributed by atoms with Crippen LogP contribution in [-0.2, 0) is 11.4 Å². The van der Waals surface area contributed by atoms with Crippen LogP contribution in [-0.4, -0.2) is 25.5 Å². The standard InChI is InChI=1S/C26H22N6O2/c1-18(33)28-21-8-10-22(11-9-21)29-26-30-25-24(5-3-15-32(25)31-26)20-6-12-23(13-7-20)34-17-19-4-2-14-27-16-19/h2-16H,17H2,1H3,(H,28,33)(H,29,31). The Labute approximate surface area is 196 Å². The number of hydrogen-bond acceptors (Lipinski definition) is 6. The minimum Gasteiger partial charge on any atom is -0.489 e. The normalized spacial score (nSPS) is 10.7. The highest BCUT2D eigenvalue weighted by Crippen LogP contribution is 2.27. The van der Waals surface area contributed by atoms with Crippen LogP contribution in [0.2, 0.25) is 0 Å². The lowest BCUT2D eigenvalue weighted by atomic mass is 10.1. The maximum Gasteiger partial charge on any atom is 0.247 e. The zero-order valence-corrected chi connectivity index (χ0v) is 18.5. The molecule has 0 unspecified atom stereocenters. The molecular formula is C26H22N6O2. The smallest absolute Gasteiger partial charge is 0.247 e. The Morgan fingerprint density at radius 3 is 2.50 bits per heavy atom. The quantitative estimate of drug-likeness (QED) is 0.360. The highest BCUT2D eigenvalue weighted by molar-refractivity contribution is 5.88. The number of carbonyl (C=O) groups is 1. The zero-order chi connectivity index (χ0) is 23.3. The van der Waals surface area contributed by atoms with E-state index in [0.717, 1.165) is 39.5 Å². The number of nitrogens with zero attached hydrogens (tertiary/aromatic N) is 4. The average Bonchev–Trinajstić information content (AvgIpc) is 3.27. The number of ether oxygens (including phenoxy) is 1. The van der Waals surface area contributed by atoms with Crippen LogP contribution in [0.5, 0.6) is 5.75 Å². The molecule has 5 aromatic rings. The van der Waals surface area contributed by atoms with Gasteiger partial charge in [-0.3, -0.25) is 9.78 Å². The van der Waals surface area contributed by atoms with Gasteiger partial charge in [-0.2, -0.15) is 4.98 Å². The van der Waals surface area contributed by atoms with E-state index in [1.165, 1.54) is 6.92 Å². The van der Waals surface area contributed by atoms with Crippen LogP contribution in [0.4, 0.5) is 17.3 Å². The van der Waals surface area contributed by atoms with Crippen molar-refractivity contribution in [2.24, 2.45) is 0 Å². The number of hydrogen-bond donors (Lipinski definition) is 2. The molecule has 3 aromatic heterocycles. The van der Waals surface area contributed by atoms with Crippen molar-refractivity contribution in [1.82, 2.24) is 19.6 Å². The van der Waals surface area contributed by atoms with Crippen molar-refractivity contribution in [3.05, 3.63) is 97.0 Å². The van der Waals surface area contributed by atoms with Gasteiger partial charge in [-0.15, -0.1) is 5.10 Å². The predicted octanol–water partition coefficient (Wildman–Crippen LogP) is 5.07. The van der Waals surface area contributed by atoms with Crippen LogP contribution < -0.4 is 15.4 Å². The molecule has 34 heavy (non-hydrogen) atoms. The van der Waals surface area contributed by atoms with Gasteiger partial charge in [0.2, 0.25) is 11.9 Å². The molecule has 1 amide bonds. The molecule has 0 spiro atoms. The third-order valence-corrected chi connectivity index (χ3v) is 5.12. The van der Waals surface area contributed by atoms with E-state index in [-0.39, 0.29) is 5.91 Å². The van der Waals surface area contributed by atoms with Crippen LogP contribution in [0.3, 0.4) is 0 Å². The molecule has 8 heteroatoms. The summed E-state index contributed by atoms with van der Waals surface area (Å²) in [6.45, 7) is 1.95. The number of benzene rings is 2. The molecule has 0 aliphatic heterocycles. The Kier molecular flexibility index (Phi) is 5.85. The molecule has 0 radical (unpaired) electrons. The summed E-state index contributed by atoms with van der Waals surface area (Å²) in [5.41, 5.74) is 5.28. The summed E-state index contributed by atoms with van der Waals surface area (Å²) in [6, 6.07) is 23.1. The van der Waals surface area contributed by atoms with Gasteiger partial charge in [0.05, 0.1) is 0 Å². The van der Waals surface area contributed by atoms with Gasteiger partial charge in [0.1, 0.15) is 12.4 Å². The van der Waals surface area contributed by atoms with Crippen LogP contribution in [0.15, 0.2) is 91.4 Å². The van der Waals surface area contributed by atoms with E-state index in [0.29, 0.717) is 12.6 Å². The molecule has 2 N–H and O–H groups in total. The molecule has 0 aliphatic carbocycles. The van der Waals surface area contributed by atoms with Crippen molar-refractivity contribution in [2.75, 3.05) is 10.6 Å². The molecule has 0 aliphatic rings. The lowest BCUT2D eigenvalue weighted by Crippen LogP contribution is -2.05. The molecule has 5 rings (SSSR count). The maximum absolute atomic E-state index is 11.2. The van der Waals surface area contributed by atoms with Crippen molar-refractivity contribution in [1.29, 1.82) is 0 Å². The Hall–Kier alpha value is -4.72. The van der Waals surface area contributed by atoms with Crippen LogP contribution >= 0.6 is 0 Å². The molecule has 0 atom stereocenters. The van der Waals surface area contributed by atoms with Crippen LogP contribution in [0, 0.1) is 0 Å². The molecule has 168 valence electrons. The fourth-order valence-corrected chi connectivity index (χ4v) is 3.53. The fraction of sp³-hybridized carbons (Fsp3) is 0.0769. The van der Waals surface area contributed by atoms with Gasteiger partial charge < -0.3 is 15.4 Å². The molecule has 3 heterocycles.